The van der Waals surface area contributed by atoms with Gasteiger partial charge in [0.25, 0.3) is 0 Å². The minimum Gasteiger partial charge on any atom is -0.392 e. The molecular weight excluding hydrogens is 314 g/mol. The Bertz CT molecular complexity index is 603. The summed E-state index contributed by atoms with van der Waals surface area (Å²) in [6, 6.07) is 14.3. The molecule has 2 aromatic carbocycles. The monoisotopic (exact) mass is 335 g/mol. The lowest BCUT2D eigenvalue weighted by Crippen LogP contribution is -2.15. The summed E-state index contributed by atoms with van der Waals surface area (Å²) in [5, 5.41) is 13.3. The molecule has 0 bridgehead atoms. The van der Waals surface area contributed by atoms with Gasteiger partial charge in [-0.25, -0.2) is 0 Å². The number of aliphatic hydroxyl groups excluding tert-OH is 1. The zero-order valence-electron chi connectivity index (χ0n) is 12.8. The molecule has 0 atom stereocenters. The van der Waals surface area contributed by atoms with Crippen LogP contribution in [-0.2, 0) is 18.8 Å². The molecule has 4 heteroatoms. The second-order valence-electron chi connectivity index (χ2n) is 5.14. The van der Waals surface area contributed by atoms with Gasteiger partial charge in [0.15, 0.2) is 0 Å². The number of hydrogen-bond donors (Lipinski definition) is 2. The fourth-order valence-electron chi connectivity index (χ4n) is 2.20. The Morgan fingerprint density at radius 2 is 1.91 bits per heavy atom. The van der Waals surface area contributed by atoms with Crippen molar-refractivity contribution in [2.45, 2.75) is 30.6 Å². The number of likely N-dealkylation sites (N-methyl/N-ethyl adjacent to an activating group) is 1. The van der Waals surface area contributed by atoms with Gasteiger partial charge in [0.1, 0.15) is 0 Å². The van der Waals surface area contributed by atoms with Gasteiger partial charge in [-0.1, -0.05) is 48.9 Å². The molecular formula is C18H22ClNOS. The highest BCUT2D eigenvalue weighted by atomic mass is 35.5. The van der Waals surface area contributed by atoms with Gasteiger partial charge in [0.2, 0.25) is 0 Å². The Kier molecular flexibility index (Phi) is 7.26. The smallest absolute Gasteiger partial charge is 0.0681 e. The second kappa shape index (κ2) is 9.21. The SMILES string of the molecule is CCNCCc1ccc(Cl)c(SCc2cccc(CO)c2)c1. The summed E-state index contributed by atoms with van der Waals surface area (Å²) in [5.41, 5.74) is 3.45. The van der Waals surface area contributed by atoms with Gasteiger partial charge >= 0.3 is 0 Å². The first-order valence-electron chi connectivity index (χ1n) is 7.53. The first-order valence-corrected chi connectivity index (χ1v) is 8.90. The Morgan fingerprint density at radius 3 is 2.68 bits per heavy atom. The molecule has 2 aromatic rings. The van der Waals surface area contributed by atoms with Crippen molar-refractivity contribution in [1.29, 1.82) is 0 Å². The molecule has 0 aliphatic rings. The fraction of sp³-hybridized carbons (Fsp3) is 0.333. The summed E-state index contributed by atoms with van der Waals surface area (Å²) in [5.74, 6) is 0.851. The van der Waals surface area contributed by atoms with Gasteiger partial charge in [0.05, 0.1) is 11.6 Å². The predicted molar refractivity (Wildman–Crippen MR) is 95.6 cm³/mol. The summed E-state index contributed by atoms with van der Waals surface area (Å²) in [7, 11) is 0. The zero-order valence-corrected chi connectivity index (χ0v) is 14.4. The van der Waals surface area contributed by atoms with Gasteiger partial charge in [-0.15, -0.1) is 11.8 Å². The lowest BCUT2D eigenvalue weighted by Gasteiger charge is -2.09. The van der Waals surface area contributed by atoms with Gasteiger partial charge in [-0.2, -0.15) is 0 Å². The topological polar surface area (TPSA) is 32.3 Å². The lowest BCUT2D eigenvalue weighted by molar-refractivity contribution is 0.282. The van der Waals surface area contributed by atoms with E-state index in [0.717, 1.165) is 40.7 Å². The summed E-state index contributed by atoms with van der Waals surface area (Å²) < 4.78 is 0. The van der Waals surface area contributed by atoms with Crippen LogP contribution >= 0.6 is 23.4 Å². The van der Waals surface area contributed by atoms with Crippen molar-refractivity contribution in [2.75, 3.05) is 13.1 Å². The number of benzene rings is 2. The van der Waals surface area contributed by atoms with Crippen LogP contribution in [0.1, 0.15) is 23.6 Å². The Morgan fingerprint density at radius 1 is 1.09 bits per heavy atom. The average Bonchev–Trinajstić information content (AvgIpc) is 2.55. The van der Waals surface area contributed by atoms with E-state index in [0.29, 0.717) is 0 Å². The van der Waals surface area contributed by atoms with Gasteiger partial charge in [-0.3, -0.25) is 0 Å². The Labute approximate surface area is 141 Å². The van der Waals surface area contributed by atoms with Crippen molar-refractivity contribution in [3.63, 3.8) is 0 Å². The van der Waals surface area contributed by atoms with Crippen LogP contribution in [0, 0.1) is 0 Å². The molecule has 2 nitrogen and oxygen atoms in total. The van der Waals surface area contributed by atoms with Crippen molar-refractivity contribution in [3.8, 4) is 0 Å². The molecule has 0 aliphatic carbocycles. The van der Waals surface area contributed by atoms with Gasteiger partial charge in [0, 0.05) is 10.6 Å². The summed E-state index contributed by atoms with van der Waals surface area (Å²) in [4.78, 5) is 1.12. The highest BCUT2D eigenvalue weighted by Gasteiger charge is 2.04. The first kappa shape index (κ1) is 17.4. The quantitative estimate of drug-likeness (QED) is 0.558. The molecule has 22 heavy (non-hydrogen) atoms. The normalized spacial score (nSPS) is 10.9. The molecule has 118 valence electrons. The lowest BCUT2D eigenvalue weighted by atomic mass is 10.1. The molecule has 0 radical (unpaired) electrons. The van der Waals surface area contributed by atoms with Crippen LogP contribution in [0.25, 0.3) is 0 Å². The molecule has 0 aliphatic heterocycles. The molecule has 0 aromatic heterocycles. The third kappa shape index (κ3) is 5.33. The van der Waals surface area contributed by atoms with E-state index in [1.165, 1.54) is 11.1 Å². The number of aliphatic hydroxyl groups is 1. The van der Waals surface area contributed by atoms with Crippen LogP contribution in [0.3, 0.4) is 0 Å². The molecule has 0 saturated heterocycles. The largest absolute Gasteiger partial charge is 0.392 e. The average molecular weight is 336 g/mol. The Balaban J connectivity index is 2.00. The Hall–Kier alpha value is -1.00. The fourth-order valence-corrected chi connectivity index (χ4v) is 3.43. The van der Waals surface area contributed by atoms with E-state index in [9.17, 15) is 5.11 Å². The highest BCUT2D eigenvalue weighted by Crippen LogP contribution is 2.31. The predicted octanol–water partition coefficient (Wildman–Crippen LogP) is 4.28. The maximum atomic E-state index is 9.20. The molecule has 0 spiro atoms. The van der Waals surface area contributed by atoms with Crippen molar-refractivity contribution in [1.82, 2.24) is 5.32 Å². The van der Waals surface area contributed by atoms with E-state index in [1.807, 2.05) is 24.3 Å². The molecule has 2 N–H and O–H groups in total. The standard InChI is InChI=1S/C18H22ClNOS/c1-2-20-9-8-14-6-7-17(19)18(11-14)22-13-16-5-3-4-15(10-16)12-21/h3-7,10-11,20-21H,2,8-9,12-13H2,1H3. The van der Waals surface area contributed by atoms with Crippen LogP contribution in [0.15, 0.2) is 47.4 Å². The number of nitrogens with one attached hydrogen (secondary N) is 1. The third-order valence-electron chi connectivity index (χ3n) is 3.40. The van der Waals surface area contributed by atoms with Crippen LogP contribution in [0.2, 0.25) is 5.02 Å². The number of halogens is 1. The van der Waals surface area contributed by atoms with Crippen LogP contribution in [0.5, 0.6) is 0 Å². The van der Waals surface area contributed by atoms with E-state index in [4.69, 9.17) is 11.6 Å². The van der Waals surface area contributed by atoms with Crippen molar-refractivity contribution >= 4 is 23.4 Å². The zero-order chi connectivity index (χ0) is 15.8. The van der Waals surface area contributed by atoms with Crippen molar-refractivity contribution in [2.24, 2.45) is 0 Å². The maximum absolute atomic E-state index is 9.20. The van der Waals surface area contributed by atoms with E-state index in [-0.39, 0.29) is 6.61 Å². The minimum absolute atomic E-state index is 0.0825. The number of hydrogen-bond acceptors (Lipinski definition) is 3. The van der Waals surface area contributed by atoms with Gasteiger partial charge in [-0.05, 0) is 48.3 Å². The van der Waals surface area contributed by atoms with Crippen LogP contribution in [0.4, 0.5) is 0 Å². The number of rotatable bonds is 8. The minimum atomic E-state index is 0.0825. The first-order chi connectivity index (χ1) is 10.7. The van der Waals surface area contributed by atoms with Crippen molar-refractivity contribution in [3.05, 3.63) is 64.2 Å². The molecule has 2 rings (SSSR count). The maximum Gasteiger partial charge on any atom is 0.0681 e. The van der Waals surface area contributed by atoms with E-state index in [2.05, 4.69) is 30.4 Å². The highest BCUT2D eigenvalue weighted by molar-refractivity contribution is 7.98. The summed E-state index contributed by atoms with van der Waals surface area (Å²) in [6.45, 7) is 4.18. The molecule has 0 unspecified atom stereocenters. The molecule has 0 amide bonds. The second-order valence-corrected chi connectivity index (χ2v) is 6.56. The summed E-state index contributed by atoms with van der Waals surface area (Å²) in [6.07, 6.45) is 1.01. The summed E-state index contributed by atoms with van der Waals surface area (Å²) >= 11 is 8.04. The van der Waals surface area contributed by atoms with E-state index >= 15 is 0 Å². The van der Waals surface area contributed by atoms with Gasteiger partial charge < -0.3 is 10.4 Å². The molecule has 0 fully saturated rings. The van der Waals surface area contributed by atoms with E-state index in [1.54, 1.807) is 11.8 Å². The third-order valence-corrected chi connectivity index (χ3v) is 4.97. The number of thioether (sulfide) groups is 1. The van der Waals surface area contributed by atoms with Crippen LogP contribution in [-0.4, -0.2) is 18.2 Å². The van der Waals surface area contributed by atoms with Crippen molar-refractivity contribution < 1.29 is 5.11 Å². The molecule has 0 heterocycles. The van der Waals surface area contributed by atoms with Crippen LogP contribution < -0.4 is 5.32 Å². The van der Waals surface area contributed by atoms with E-state index < -0.39 is 0 Å². The molecule has 0 saturated carbocycles.